The van der Waals surface area contributed by atoms with Crippen LogP contribution in [0.4, 0.5) is 14.5 Å². The molecular weight excluding hydrogens is 480 g/mol. The molecule has 0 spiro atoms. The Morgan fingerprint density at radius 2 is 1.82 bits per heavy atom. The van der Waals surface area contributed by atoms with Gasteiger partial charge in [0, 0.05) is 32.0 Å². The molecule has 1 aliphatic rings. The average Bonchev–Trinajstić information content (AvgIpc) is 3.25. The van der Waals surface area contributed by atoms with Crippen LogP contribution in [0.5, 0.6) is 5.75 Å². The van der Waals surface area contributed by atoms with Gasteiger partial charge in [0.1, 0.15) is 5.01 Å². The van der Waals surface area contributed by atoms with Gasteiger partial charge in [-0.25, -0.2) is 13.8 Å². The minimum absolute atomic E-state index is 0.156. The number of fused-ring (bicyclic) bond motifs is 2. The van der Waals surface area contributed by atoms with Crippen molar-refractivity contribution in [2.24, 2.45) is 0 Å². The number of nitrogens with zero attached hydrogens (tertiary/aromatic N) is 1. The lowest BCUT2D eigenvalue weighted by atomic mass is 10.1. The zero-order chi connectivity index (χ0) is 23.8. The van der Waals surface area contributed by atoms with Gasteiger partial charge in [-0.05, 0) is 42.5 Å². The van der Waals surface area contributed by atoms with Crippen molar-refractivity contribution in [3.05, 3.63) is 88.4 Å². The number of amides is 2. The number of hydrogen-bond donors (Lipinski definition) is 3. The normalized spacial score (nSPS) is 12.4. The maximum Gasteiger partial charge on any atom is 0.256 e. The second-order valence-electron chi connectivity index (χ2n) is 7.37. The Morgan fingerprint density at radius 3 is 2.62 bits per heavy atom. The monoisotopic (exact) mass is 495 g/mol. The number of anilines is 1. The number of aromatic hydroxyl groups is 1. The van der Waals surface area contributed by atoms with Gasteiger partial charge in [-0.3, -0.25) is 9.59 Å². The van der Waals surface area contributed by atoms with E-state index in [-0.39, 0.29) is 23.9 Å². The molecule has 4 aromatic rings. The fourth-order valence-electron chi connectivity index (χ4n) is 3.39. The number of hydrogen-bond acceptors (Lipinski definition) is 6. The molecule has 5 rings (SSSR count). The molecule has 0 saturated heterocycles. The molecule has 0 bridgehead atoms. The van der Waals surface area contributed by atoms with Gasteiger partial charge < -0.3 is 15.7 Å². The highest BCUT2D eigenvalue weighted by molar-refractivity contribution is 7.99. The lowest BCUT2D eigenvalue weighted by Crippen LogP contribution is -2.22. The first-order chi connectivity index (χ1) is 16.4. The molecule has 34 heavy (non-hydrogen) atoms. The van der Waals surface area contributed by atoms with Gasteiger partial charge >= 0.3 is 0 Å². The summed E-state index contributed by atoms with van der Waals surface area (Å²) in [6.45, 7) is 0.156. The summed E-state index contributed by atoms with van der Waals surface area (Å²) in [5, 5.41) is 15.2. The first-order valence-electron chi connectivity index (χ1n) is 10.0. The van der Waals surface area contributed by atoms with Gasteiger partial charge in [-0.1, -0.05) is 23.9 Å². The van der Waals surface area contributed by atoms with Gasteiger partial charge in [-0.2, -0.15) is 0 Å². The zero-order valence-corrected chi connectivity index (χ0v) is 18.9. The first-order valence-corrected chi connectivity index (χ1v) is 11.7. The molecule has 2 heterocycles. The number of phenols is 1. The highest BCUT2D eigenvalue weighted by Gasteiger charge is 2.21. The lowest BCUT2D eigenvalue weighted by Gasteiger charge is -2.09. The number of benzene rings is 3. The standard InChI is InChI=1S/C24H15F2N3O3S2/c25-16-7-13(8-17(26)21(16)30)24-28-11-14(33-24)10-27-22(31)12-5-6-20-18(9-12)29-23(32)15-3-1-2-4-19(15)34-20/h1-9,11,30H,10H2,(H,27,31)(H,29,32). The number of halogens is 2. The third-order valence-corrected chi connectivity index (χ3v) is 7.28. The van der Waals surface area contributed by atoms with Crippen molar-refractivity contribution in [2.75, 3.05) is 5.32 Å². The number of rotatable bonds is 4. The second kappa shape index (κ2) is 8.88. The SMILES string of the molecule is O=C(NCc1cnc(-c2cc(F)c(O)c(F)c2)s1)c1ccc2c(c1)NC(=O)c1ccccc1S2. The van der Waals surface area contributed by atoms with Crippen LogP contribution in [0.3, 0.4) is 0 Å². The number of thiazole rings is 1. The van der Waals surface area contributed by atoms with Crippen LogP contribution in [0.15, 0.2) is 70.6 Å². The molecule has 1 aromatic heterocycles. The molecule has 0 atom stereocenters. The summed E-state index contributed by atoms with van der Waals surface area (Å²) in [6.07, 6.45) is 1.51. The van der Waals surface area contributed by atoms with Crippen LogP contribution in [0.25, 0.3) is 10.6 Å². The molecule has 3 aromatic carbocycles. The molecule has 170 valence electrons. The van der Waals surface area contributed by atoms with E-state index in [0.29, 0.717) is 26.7 Å². The molecule has 0 unspecified atom stereocenters. The number of carbonyl (C=O) groups excluding carboxylic acids is 2. The van der Waals surface area contributed by atoms with Gasteiger partial charge in [0.05, 0.1) is 17.8 Å². The molecule has 2 amide bonds. The molecule has 10 heteroatoms. The Bertz CT molecular complexity index is 1430. The van der Waals surface area contributed by atoms with Crippen molar-refractivity contribution in [3.63, 3.8) is 0 Å². The predicted octanol–water partition coefficient (Wildman–Crippen LogP) is 5.44. The van der Waals surface area contributed by atoms with Crippen molar-refractivity contribution in [2.45, 2.75) is 16.3 Å². The fraction of sp³-hybridized carbons (Fsp3) is 0.0417. The molecule has 0 aliphatic carbocycles. The summed E-state index contributed by atoms with van der Waals surface area (Å²) < 4.78 is 27.2. The van der Waals surface area contributed by atoms with Gasteiger partial charge in [0.25, 0.3) is 11.8 Å². The average molecular weight is 496 g/mol. The quantitative estimate of drug-likeness (QED) is 0.351. The van der Waals surface area contributed by atoms with E-state index >= 15 is 0 Å². The van der Waals surface area contributed by atoms with Crippen molar-refractivity contribution < 1.29 is 23.5 Å². The van der Waals surface area contributed by atoms with Crippen LogP contribution < -0.4 is 10.6 Å². The van der Waals surface area contributed by atoms with E-state index in [2.05, 4.69) is 15.6 Å². The molecule has 3 N–H and O–H groups in total. The Morgan fingerprint density at radius 1 is 1.06 bits per heavy atom. The maximum absolute atomic E-state index is 13.6. The molecule has 6 nitrogen and oxygen atoms in total. The zero-order valence-electron chi connectivity index (χ0n) is 17.3. The topological polar surface area (TPSA) is 91.3 Å². The molecular formula is C24H15F2N3O3S2. The van der Waals surface area contributed by atoms with E-state index in [9.17, 15) is 23.5 Å². The maximum atomic E-state index is 13.6. The van der Waals surface area contributed by atoms with E-state index < -0.39 is 17.4 Å². The minimum atomic E-state index is -1.07. The molecule has 0 radical (unpaired) electrons. The van der Waals surface area contributed by atoms with Gasteiger partial charge in [0.2, 0.25) is 0 Å². The largest absolute Gasteiger partial charge is 0.503 e. The smallest absolute Gasteiger partial charge is 0.256 e. The number of carbonyl (C=O) groups is 2. The lowest BCUT2D eigenvalue weighted by molar-refractivity contribution is 0.0949. The fourth-order valence-corrected chi connectivity index (χ4v) is 5.24. The van der Waals surface area contributed by atoms with Crippen LogP contribution in [-0.4, -0.2) is 21.9 Å². The van der Waals surface area contributed by atoms with Gasteiger partial charge in [0.15, 0.2) is 17.4 Å². The summed E-state index contributed by atoms with van der Waals surface area (Å²) in [5.74, 6) is -3.76. The molecule has 0 saturated carbocycles. The van der Waals surface area contributed by atoms with E-state index in [4.69, 9.17) is 0 Å². The third kappa shape index (κ3) is 4.25. The van der Waals surface area contributed by atoms with Crippen molar-refractivity contribution in [1.82, 2.24) is 10.3 Å². The Kier molecular flexibility index (Phi) is 5.76. The number of phenolic OH excluding ortho intramolecular Hbond substituents is 1. The molecule has 1 aliphatic heterocycles. The van der Waals surface area contributed by atoms with Crippen molar-refractivity contribution in [3.8, 4) is 16.3 Å². The summed E-state index contributed by atoms with van der Waals surface area (Å²) >= 11 is 2.61. The third-order valence-electron chi connectivity index (χ3n) is 5.08. The van der Waals surface area contributed by atoms with Crippen LogP contribution in [0.1, 0.15) is 25.6 Å². The van der Waals surface area contributed by atoms with E-state index in [1.54, 1.807) is 30.3 Å². The minimum Gasteiger partial charge on any atom is -0.503 e. The van der Waals surface area contributed by atoms with Crippen LogP contribution in [0, 0.1) is 11.6 Å². The van der Waals surface area contributed by atoms with Crippen LogP contribution in [-0.2, 0) is 6.54 Å². The Balaban J connectivity index is 1.29. The van der Waals surface area contributed by atoms with Crippen LogP contribution >= 0.6 is 23.1 Å². The van der Waals surface area contributed by atoms with E-state index in [1.807, 2.05) is 12.1 Å². The summed E-state index contributed by atoms with van der Waals surface area (Å²) in [6, 6.07) is 14.4. The van der Waals surface area contributed by atoms with Crippen molar-refractivity contribution >= 4 is 40.6 Å². The van der Waals surface area contributed by atoms with Crippen molar-refractivity contribution in [1.29, 1.82) is 0 Å². The Hall–Kier alpha value is -3.76. The Labute approximate surface area is 200 Å². The van der Waals surface area contributed by atoms with E-state index in [0.717, 1.165) is 33.3 Å². The van der Waals surface area contributed by atoms with E-state index in [1.165, 1.54) is 18.0 Å². The summed E-state index contributed by atoms with van der Waals surface area (Å²) in [7, 11) is 0. The highest BCUT2D eigenvalue weighted by Crippen LogP contribution is 2.39. The van der Waals surface area contributed by atoms with Crippen LogP contribution in [0.2, 0.25) is 0 Å². The second-order valence-corrected chi connectivity index (χ2v) is 9.57. The molecule has 0 fully saturated rings. The summed E-state index contributed by atoms with van der Waals surface area (Å²) in [5.41, 5.74) is 1.69. The number of nitrogens with one attached hydrogen (secondary N) is 2. The highest BCUT2D eigenvalue weighted by atomic mass is 32.2. The first kappa shape index (κ1) is 22.1. The number of aromatic nitrogens is 1. The predicted molar refractivity (Wildman–Crippen MR) is 125 cm³/mol. The summed E-state index contributed by atoms with van der Waals surface area (Å²) in [4.78, 5) is 31.8. The van der Waals surface area contributed by atoms with Gasteiger partial charge in [-0.15, -0.1) is 11.3 Å².